The predicted molar refractivity (Wildman–Crippen MR) is 146 cm³/mol. The van der Waals surface area contributed by atoms with Crippen molar-refractivity contribution in [3.63, 3.8) is 0 Å². The van der Waals surface area contributed by atoms with E-state index < -0.39 is 11.2 Å². The largest absolute Gasteiger partial charge is 0.502 e. The van der Waals surface area contributed by atoms with Gasteiger partial charge in [-0.1, -0.05) is 69.3 Å². The van der Waals surface area contributed by atoms with Crippen LogP contribution in [0.15, 0.2) is 65.6 Å². The van der Waals surface area contributed by atoms with Crippen molar-refractivity contribution in [2.75, 3.05) is 31.2 Å². The van der Waals surface area contributed by atoms with E-state index in [4.69, 9.17) is 0 Å². The van der Waals surface area contributed by atoms with E-state index in [1.807, 2.05) is 4.90 Å². The van der Waals surface area contributed by atoms with E-state index in [0.717, 1.165) is 32.4 Å². The molecule has 1 aliphatic carbocycles. The molecule has 1 unspecified atom stereocenters. The molecule has 0 radical (unpaired) electrons. The molecule has 2 aliphatic rings. The van der Waals surface area contributed by atoms with Crippen molar-refractivity contribution in [3.8, 4) is 5.75 Å². The van der Waals surface area contributed by atoms with Gasteiger partial charge in [0.25, 0.3) is 5.91 Å². The molecule has 2 aromatic carbocycles. The van der Waals surface area contributed by atoms with Gasteiger partial charge in [0.2, 0.25) is 5.43 Å². The number of nitrogens with zero attached hydrogens (tertiary/aromatic N) is 4. The first kappa shape index (κ1) is 25.1. The molecule has 37 heavy (non-hydrogen) atoms. The summed E-state index contributed by atoms with van der Waals surface area (Å²) < 4.78 is 1.75. The monoisotopic (exact) mass is 500 g/mol. The van der Waals surface area contributed by atoms with Crippen LogP contribution in [0.5, 0.6) is 5.75 Å². The van der Waals surface area contributed by atoms with Gasteiger partial charge in [0.1, 0.15) is 6.17 Å². The van der Waals surface area contributed by atoms with Gasteiger partial charge in [0.05, 0.1) is 6.04 Å². The number of amides is 1. The second kappa shape index (κ2) is 10.4. The summed E-state index contributed by atoms with van der Waals surface area (Å²) in [7, 11) is 0. The molecule has 1 atom stereocenters. The summed E-state index contributed by atoms with van der Waals surface area (Å²) in [6.45, 7) is 9.20. The van der Waals surface area contributed by atoms with Gasteiger partial charge in [-0.3, -0.25) is 24.2 Å². The highest BCUT2D eigenvalue weighted by molar-refractivity contribution is 5.96. The van der Waals surface area contributed by atoms with Crippen LogP contribution in [0.3, 0.4) is 0 Å². The molecule has 0 spiro atoms. The standard InChI is InChI=1S/C30H36N4O3/c1-4-18-32-26(20-31(5-2)6-3)34(33-19-17-25(35)29(36)28(33)30(32)37)27-23-13-9-7-11-21(23)15-16-22-12-8-10-14-24(22)27/h7-14,17,19,26-27,36H,4-6,15-16,18,20H2,1-3H3. The third-order valence-electron chi connectivity index (χ3n) is 7.84. The van der Waals surface area contributed by atoms with E-state index in [0.29, 0.717) is 13.1 Å². The van der Waals surface area contributed by atoms with E-state index in [9.17, 15) is 14.7 Å². The molecular formula is C30H36N4O3. The van der Waals surface area contributed by atoms with Crippen molar-refractivity contribution >= 4 is 5.91 Å². The molecule has 194 valence electrons. The molecule has 0 fully saturated rings. The summed E-state index contributed by atoms with van der Waals surface area (Å²) >= 11 is 0. The molecule has 5 rings (SSSR count). The number of hydrogen-bond acceptors (Lipinski definition) is 5. The number of aryl methyl sites for hydroxylation is 2. The molecule has 3 aromatic rings. The number of aromatic hydroxyl groups is 1. The van der Waals surface area contributed by atoms with Crippen molar-refractivity contribution in [2.24, 2.45) is 0 Å². The molecule has 7 nitrogen and oxygen atoms in total. The Balaban J connectivity index is 1.82. The topological polar surface area (TPSA) is 69.0 Å². The number of likely N-dealkylation sites (N-methyl/N-ethyl adjacent to an activating group) is 1. The SMILES string of the molecule is CCCN1C(=O)c2c(O)c(=O)ccn2N(C2c3ccccc3CCc3ccccc32)C1CN(CC)CC. The Hall–Kier alpha value is -3.58. The van der Waals surface area contributed by atoms with Crippen molar-refractivity contribution in [1.29, 1.82) is 0 Å². The molecule has 1 N–H and O–H groups in total. The van der Waals surface area contributed by atoms with Crippen LogP contribution in [0.4, 0.5) is 0 Å². The highest BCUT2D eigenvalue weighted by Gasteiger charge is 2.44. The van der Waals surface area contributed by atoms with Crippen LogP contribution in [0, 0.1) is 0 Å². The fourth-order valence-electron chi connectivity index (χ4n) is 5.93. The summed E-state index contributed by atoms with van der Waals surface area (Å²) in [4.78, 5) is 30.6. The van der Waals surface area contributed by atoms with Crippen molar-refractivity contribution in [1.82, 2.24) is 14.5 Å². The quantitative estimate of drug-likeness (QED) is 0.533. The number of carbonyl (C=O) groups is 1. The van der Waals surface area contributed by atoms with Crippen LogP contribution < -0.4 is 10.4 Å². The number of carbonyl (C=O) groups excluding carboxylic acids is 1. The number of aromatic nitrogens is 1. The van der Waals surface area contributed by atoms with Crippen LogP contribution in [-0.2, 0) is 12.8 Å². The summed E-state index contributed by atoms with van der Waals surface area (Å²) in [5.74, 6) is -0.796. The van der Waals surface area contributed by atoms with Crippen LogP contribution >= 0.6 is 0 Å². The van der Waals surface area contributed by atoms with Crippen molar-refractivity contribution in [2.45, 2.75) is 52.2 Å². The average molecular weight is 501 g/mol. The summed E-state index contributed by atoms with van der Waals surface area (Å²) in [5.41, 5.74) is 4.42. The Labute approximate surface area is 218 Å². The fraction of sp³-hybridized carbons (Fsp3) is 0.400. The molecule has 7 heteroatoms. The number of rotatable bonds is 7. The van der Waals surface area contributed by atoms with Crippen LogP contribution in [0.2, 0.25) is 0 Å². The maximum Gasteiger partial charge on any atom is 0.278 e. The number of benzene rings is 2. The number of pyridine rings is 1. The molecular weight excluding hydrogens is 464 g/mol. The second-order valence-corrected chi connectivity index (χ2v) is 9.87. The van der Waals surface area contributed by atoms with Gasteiger partial charge >= 0.3 is 0 Å². The van der Waals surface area contributed by atoms with Gasteiger partial charge < -0.3 is 10.0 Å². The van der Waals surface area contributed by atoms with E-state index in [1.54, 1.807) is 10.9 Å². The lowest BCUT2D eigenvalue weighted by molar-refractivity contribution is 0.0480. The molecule has 1 amide bonds. The minimum atomic E-state index is -0.542. The molecule has 0 saturated heterocycles. The van der Waals surface area contributed by atoms with Crippen molar-refractivity contribution < 1.29 is 9.90 Å². The zero-order chi connectivity index (χ0) is 26.1. The fourth-order valence-corrected chi connectivity index (χ4v) is 5.93. The normalized spacial score (nSPS) is 17.4. The first-order valence-corrected chi connectivity index (χ1v) is 13.4. The summed E-state index contributed by atoms with van der Waals surface area (Å²) in [5, 5.41) is 13.1. The van der Waals surface area contributed by atoms with Crippen molar-refractivity contribution in [3.05, 3.63) is 99.0 Å². The van der Waals surface area contributed by atoms with E-state index >= 15 is 0 Å². The van der Waals surface area contributed by atoms with Gasteiger partial charge in [-0.15, -0.1) is 0 Å². The second-order valence-electron chi connectivity index (χ2n) is 9.87. The Morgan fingerprint density at radius 1 is 0.892 bits per heavy atom. The average Bonchev–Trinajstić information content (AvgIpc) is 3.08. The highest BCUT2D eigenvalue weighted by Crippen LogP contribution is 2.40. The Bertz CT molecular complexity index is 1300. The maximum atomic E-state index is 13.9. The maximum absolute atomic E-state index is 13.9. The molecule has 0 bridgehead atoms. The van der Waals surface area contributed by atoms with E-state index in [2.05, 4.69) is 79.2 Å². The lowest BCUT2D eigenvalue weighted by Crippen LogP contribution is -2.65. The van der Waals surface area contributed by atoms with Crippen LogP contribution in [0.25, 0.3) is 0 Å². The Kier molecular flexibility index (Phi) is 7.07. The minimum Gasteiger partial charge on any atom is -0.502 e. The minimum absolute atomic E-state index is 0.0379. The zero-order valence-electron chi connectivity index (χ0n) is 21.9. The zero-order valence-corrected chi connectivity index (χ0v) is 21.9. The Morgan fingerprint density at radius 2 is 1.49 bits per heavy atom. The smallest absolute Gasteiger partial charge is 0.278 e. The highest BCUT2D eigenvalue weighted by atomic mass is 16.3. The first-order valence-electron chi connectivity index (χ1n) is 13.4. The molecule has 0 saturated carbocycles. The Morgan fingerprint density at radius 3 is 2.05 bits per heavy atom. The van der Waals surface area contributed by atoms with Gasteiger partial charge in [-0.2, -0.15) is 0 Å². The third kappa shape index (κ3) is 4.31. The number of fused-ring (bicyclic) bond motifs is 3. The predicted octanol–water partition coefficient (Wildman–Crippen LogP) is 3.91. The summed E-state index contributed by atoms with van der Waals surface area (Å²) in [6, 6.07) is 18.2. The van der Waals surface area contributed by atoms with Crippen LogP contribution in [-0.4, -0.2) is 57.8 Å². The first-order chi connectivity index (χ1) is 18.0. The van der Waals surface area contributed by atoms with Crippen LogP contribution in [0.1, 0.15) is 66.0 Å². The lowest BCUT2D eigenvalue weighted by Gasteiger charge is -2.51. The number of hydrogen-bond donors (Lipinski definition) is 1. The third-order valence-corrected chi connectivity index (χ3v) is 7.84. The summed E-state index contributed by atoms with van der Waals surface area (Å²) in [6.07, 6.45) is 3.98. The van der Waals surface area contributed by atoms with Gasteiger partial charge in [-0.25, -0.2) is 0 Å². The van der Waals surface area contributed by atoms with Gasteiger partial charge in [-0.05, 0) is 54.6 Å². The molecule has 2 heterocycles. The molecule has 1 aliphatic heterocycles. The van der Waals surface area contributed by atoms with E-state index in [1.165, 1.54) is 28.3 Å². The van der Waals surface area contributed by atoms with E-state index in [-0.39, 0.29) is 23.8 Å². The molecule has 1 aromatic heterocycles. The van der Waals surface area contributed by atoms with Gasteiger partial charge in [0.15, 0.2) is 11.4 Å². The lowest BCUT2D eigenvalue weighted by atomic mass is 9.93. The van der Waals surface area contributed by atoms with Gasteiger partial charge in [0, 0.05) is 25.4 Å².